The van der Waals surface area contributed by atoms with Crippen LogP contribution in [0.1, 0.15) is 112 Å². The number of aliphatic hydroxyl groups excluding tert-OH is 4. The van der Waals surface area contributed by atoms with Gasteiger partial charge in [0.1, 0.15) is 11.5 Å². The molecule has 0 bridgehead atoms. The maximum atomic E-state index is 10.7. The van der Waals surface area contributed by atoms with Crippen molar-refractivity contribution in [3.05, 3.63) is 72.5 Å². The topological polar surface area (TPSA) is 125 Å². The molecule has 0 radical (unpaired) electrons. The van der Waals surface area contributed by atoms with E-state index < -0.39 is 0 Å². The van der Waals surface area contributed by atoms with E-state index in [1.165, 1.54) is 11.1 Å². The van der Waals surface area contributed by atoms with E-state index in [1.54, 1.807) is 0 Å². The summed E-state index contributed by atoms with van der Waals surface area (Å²) in [6.07, 6.45) is 0. The SMILES string of the molecule is CC(C)c1cc(CN(C)Cc2cc(C(C)C)c(O)c(C(C)C)c2)cc(C(C)C)c1O.CO.CO.CO.CO.[CH3-].[CH3-].[Ti].[Ti]. The van der Waals surface area contributed by atoms with E-state index in [0.29, 0.717) is 11.5 Å². The van der Waals surface area contributed by atoms with Gasteiger partial charge >= 0.3 is 0 Å². The summed E-state index contributed by atoms with van der Waals surface area (Å²) in [6.45, 7) is 18.7. The monoisotopic (exact) mass is 665 g/mol. The molecule has 0 aliphatic carbocycles. The predicted molar refractivity (Wildman–Crippen MR) is 173 cm³/mol. The summed E-state index contributed by atoms with van der Waals surface area (Å²) in [6, 6.07) is 8.60. The van der Waals surface area contributed by atoms with E-state index >= 15 is 0 Å². The Morgan fingerprint density at radius 2 is 0.643 bits per heavy atom. The van der Waals surface area contributed by atoms with Gasteiger partial charge in [0.2, 0.25) is 0 Å². The number of aromatic hydroxyl groups is 2. The summed E-state index contributed by atoms with van der Waals surface area (Å²) in [5.41, 5.74) is 6.57. The van der Waals surface area contributed by atoms with Gasteiger partial charge in [0.15, 0.2) is 0 Å². The van der Waals surface area contributed by atoms with Crippen molar-refractivity contribution in [2.75, 3.05) is 35.5 Å². The van der Waals surface area contributed by atoms with Crippen LogP contribution in [-0.2, 0) is 56.5 Å². The van der Waals surface area contributed by atoms with Crippen LogP contribution < -0.4 is 0 Å². The summed E-state index contributed by atoms with van der Waals surface area (Å²) in [5, 5.41) is 49.4. The smallest absolute Gasteiger partial charge is 0.122 e. The van der Waals surface area contributed by atoms with Crippen LogP contribution in [0.2, 0.25) is 0 Å². The first-order valence-corrected chi connectivity index (χ1v) is 13.1. The zero-order valence-electron chi connectivity index (χ0n) is 29.2. The zero-order valence-corrected chi connectivity index (χ0v) is 32.3. The van der Waals surface area contributed by atoms with Crippen LogP contribution in [0.15, 0.2) is 24.3 Å². The van der Waals surface area contributed by atoms with Crippen LogP contribution in [0.3, 0.4) is 0 Å². The van der Waals surface area contributed by atoms with Crippen molar-refractivity contribution in [1.82, 2.24) is 4.90 Å². The molecule has 2 aromatic carbocycles. The third-order valence-corrected chi connectivity index (χ3v) is 5.85. The van der Waals surface area contributed by atoms with Crippen LogP contribution in [-0.4, -0.2) is 71.0 Å². The minimum absolute atomic E-state index is 0. The molecular formula is C33H63NO6Ti2-2. The van der Waals surface area contributed by atoms with Crippen LogP contribution in [0, 0.1) is 14.9 Å². The van der Waals surface area contributed by atoms with Gasteiger partial charge in [-0.3, -0.25) is 4.90 Å². The molecule has 0 atom stereocenters. The Hall–Kier alpha value is -0.731. The van der Waals surface area contributed by atoms with Gasteiger partial charge in [-0.2, -0.15) is 0 Å². The van der Waals surface area contributed by atoms with Crippen LogP contribution in [0.5, 0.6) is 11.5 Å². The molecule has 0 amide bonds. The molecule has 7 nitrogen and oxygen atoms in total. The molecule has 0 saturated heterocycles. The van der Waals surface area contributed by atoms with E-state index in [1.807, 2.05) is 0 Å². The molecule has 6 N–H and O–H groups in total. The van der Waals surface area contributed by atoms with Crippen molar-refractivity contribution in [3.8, 4) is 11.5 Å². The second kappa shape index (κ2) is 31.7. The summed E-state index contributed by atoms with van der Waals surface area (Å²) >= 11 is 0. The Morgan fingerprint density at radius 3 is 0.786 bits per heavy atom. The van der Waals surface area contributed by atoms with Gasteiger partial charge < -0.3 is 45.5 Å². The van der Waals surface area contributed by atoms with Crippen molar-refractivity contribution in [2.45, 2.75) is 92.2 Å². The number of hydrogen-bond acceptors (Lipinski definition) is 7. The minimum atomic E-state index is 0. The van der Waals surface area contributed by atoms with Crippen LogP contribution in [0.25, 0.3) is 0 Å². The van der Waals surface area contributed by atoms with Crippen molar-refractivity contribution in [1.29, 1.82) is 0 Å². The molecule has 9 heteroatoms. The molecule has 42 heavy (non-hydrogen) atoms. The second-order valence-corrected chi connectivity index (χ2v) is 10.0. The van der Waals surface area contributed by atoms with Crippen LogP contribution in [0.4, 0.5) is 0 Å². The number of hydrogen-bond donors (Lipinski definition) is 6. The molecule has 0 aliphatic heterocycles. The number of aliphatic hydroxyl groups is 4. The number of phenols is 2. The summed E-state index contributed by atoms with van der Waals surface area (Å²) in [5.74, 6) is 2.04. The third kappa shape index (κ3) is 18.8. The Bertz CT molecular complexity index is 761. The quantitative estimate of drug-likeness (QED) is 0.140. The first-order valence-electron chi connectivity index (χ1n) is 13.1. The van der Waals surface area contributed by atoms with Gasteiger partial charge in [-0.15, -0.1) is 0 Å². The van der Waals surface area contributed by atoms with Gasteiger partial charge in [0.05, 0.1) is 0 Å². The van der Waals surface area contributed by atoms with Crippen molar-refractivity contribution >= 4 is 0 Å². The number of benzene rings is 2. The molecule has 0 saturated carbocycles. The Balaban J connectivity index is -0.000000188. The Labute approximate surface area is 289 Å². The summed E-state index contributed by atoms with van der Waals surface area (Å²) < 4.78 is 0. The summed E-state index contributed by atoms with van der Waals surface area (Å²) in [4.78, 5) is 2.31. The molecule has 246 valence electrons. The summed E-state index contributed by atoms with van der Waals surface area (Å²) in [7, 11) is 6.13. The molecule has 0 unspecified atom stereocenters. The van der Waals surface area contributed by atoms with Gasteiger partial charge in [0, 0.05) is 85.0 Å². The molecule has 0 aromatic heterocycles. The zero-order chi connectivity index (χ0) is 30.7. The largest absolute Gasteiger partial charge is 0.507 e. The van der Waals surface area contributed by atoms with Crippen molar-refractivity contribution < 1.29 is 74.1 Å². The van der Waals surface area contributed by atoms with Gasteiger partial charge in [-0.1, -0.05) is 79.7 Å². The molecule has 2 aromatic rings. The van der Waals surface area contributed by atoms with E-state index in [-0.39, 0.29) is 82.0 Å². The average Bonchev–Trinajstić information content (AvgIpc) is 2.89. The fourth-order valence-electron chi connectivity index (χ4n) is 4.11. The number of nitrogens with zero attached hydrogens (tertiary/aromatic N) is 1. The maximum absolute atomic E-state index is 10.7. The normalized spacial score (nSPS) is 9.29. The molecule has 0 fully saturated rings. The maximum Gasteiger partial charge on any atom is 0.122 e. The second-order valence-electron chi connectivity index (χ2n) is 10.0. The van der Waals surface area contributed by atoms with Gasteiger partial charge in [-0.05, 0) is 64.1 Å². The predicted octanol–water partition coefficient (Wildman–Crippen LogP) is 6.55. The van der Waals surface area contributed by atoms with E-state index in [0.717, 1.165) is 63.8 Å². The van der Waals surface area contributed by atoms with Gasteiger partial charge in [0.25, 0.3) is 0 Å². The average molecular weight is 666 g/mol. The van der Waals surface area contributed by atoms with E-state index in [4.69, 9.17) is 20.4 Å². The molecule has 2 rings (SSSR count). The molecule has 0 aliphatic rings. The first kappa shape index (κ1) is 57.0. The molecular weight excluding hydrogens is 602 g/mol. The third-order valence-electron chi connectivity index (χ3n) is 5.85. The number of phenolic OH excluding ortho intramolecular Hbond substituents is 2. The van der Waals surface area contributed by atoms with Crippen molar-refractivity contribution in [3.63, 3.8) is 0 Å². The Morgan fingerprint density at radius 1 is 0.476 bits per heavy atom. The molecule has 0 spiro atoms. The fourth-order valence-corrected chi connectivity index (χ4v) is 4.11. The molecule has 0 heterocycles. The Kier molecular flexibility index (Phi) is 43.0. The van der Waals surface area contributed by atoms with Crippen LogP contribution >= 0.6 is 0 Å². The number of rotatable bonds is 8. The first-order chi connectivity index (χ1) is 17.9. The fraction of sp³-hybridized carbons (Fsp3) is 0.576. The van der Waals surface area contributed by atoms with Crippen molar-refractivity contribution in [2.24, 2.45) is 0 Å². The van der Waals surface area contributed by atoms with Gasteiger partial charge in [-0.25, -0.2) is 0 Å². The minimum Gasteiger partial charge on any atom is -0.507 e. The standard InChI is InChI=1S/C27H41NO2.4CH4O.2CH3.2Ti/c1-16(2)22-10-20(11-23(17(3)4)26(22)29)14-28(9)15-21-12-24(18(5)6)27(30)25(13-21)19(7)8;4*1-2;;;;/h10-13,16-19,29-30H,14-15H2,1-9H3;4*2H,1H3;2*1H3;;/q;;;;;2*-1;;. The van der Waals surface area contributed by atoms with E-state index in [9.17, 15) is 10.2 Å². The van der Waals surface area contributed by atoms with E-state index in [2.05, 4.69) is 91.6 Å².